The molecule has 0 unspecified atom stereocenters. The Labute approximate surface area is 134 Å². The van der Waals surface area contributed by atoms with Crippen LogP contribution in [0.2, 0.25) is 0 Å². The predicted octanol–water partition coefficient (Wildman–Crippen LogP) is 2.23. The van der Waals surface area contributed by atoms with Gasteiger partial charge in [-0.05, 0) is 37.1 Å². The number of nitrogens with zero attached hydrogens (tertiary/aromatic N) is 3. The number of benzene rings is 1. The van der Waals surface area contributed by atoms with Gasteiger partial charge >= 0.3 is 0 Å². The molecule has 0 bridgehead atoms. The molecule has 7 heteroatoms. The Morgan fingerprint density at radius 2 is 2.13 bits per heavy atom. The van der Waals surface area contributed by atoms with Gasteiger partial charge in [0.05, 0.1) is 6.20 Å². The van der Waals surface area contributed by atoms with Gasteiger partial charge in [0.1, 0.15) is 11.6 Å². The lowest BCUT2D eigenvalue weighted by Gasteiger charge is -2.12. The van der Waals surface area contributed by atoms with Crippen molar-refractivity contribution < 1.29 is 8.78 Å². The fourth-order valence-electron chi connectivity index (χ4n) is 2.12. The third-order valence-electron chi connectivity index (χ3n) is 3.30. The average Bonchev–Trinajstić information content (AvgIpc) is 2.95. The summed E-state index contributed by atoms with van der Waals surface area (Å²) in [6, 6.07) is 3.40. The van der Waals surface area contributed by atoms with Gasteiger partial charge in [-0.3, -0.25) is 9.67 Å². The predicted molar refractivity (Wildman–Crippen MR) is 86.1 cm³/mol. The van der Waals surface area contributed by atoms with E-state index in [-0.39, 0.29) is 12.1 Å². The van der Waals surface area contributed by atoms with Crippen molar-refractivity contribution in [3.8, 4) is 0 Å². The number of guanidine groups is 1. The maximum Gasteiger partial charge on any atom is 0.191 e. The first kappa shape index (κ1) is 16.9. The van der Waals surface area contributed by atoms with Gasteiger partial charge in [-0.2, -0.15) is 5.10 Å². The van der Waals surface area contributed by atoms with Crippen LogP contribution >= 0.6 is 0 Å². The van der Waals surface area contributed by atoms with E-state index in [1.165, 1.54) is 6.07 Å². The summed E-state index contributed by atoms with van der Waals surface area (Å²) < 4.78 is 28.5. The molecule has 0 atom stereocenters. The van der Waals surface area contributed by atoms with Gasteiger partial charge in [0, 0.05) is 38.4 Å². The van der Waals surface area contributed by atoms with E-state index >= 15 is 0 Å². The maximum absolute atomic E-state index is 13.5. The summed E-state index contributed by atoms with van der Waals surface area (Å²) in [5.41, 5.74) is 1.40. The van der Waals surface area contributed by atoms with E-state index in [0.717, 1.165) is 30.7 Å². The van der Waals surface area contributed by atoms with E-state index < -0.39 is 11.6 Å². The Kier molecular flexibility index (Phi) is 6.08. The van der Waals surface area contributed by atoms with Crippen LogP contribution in [0.5, 0.6) is 0 Å². The van der Waals surface area contributed by atoms with Crippen LogP contribution in [0.4, 0.5) is 8.78 Å². The largest absolute Gasteiger partial charge is 0.356 e. The highest BCUT2D eigenvalue weighted by Gasteiger charge is 2.05. The topological polar surface area (TPSA) is 54.2 Å². The minimum atomic E-state index is -0.458. The smallest absolute Gasteiger partial charge is 0.191 e. The van der Waals surface area contributed by atoms with Crippen LogP contribution in [0.3, 0.4) is 0 Å². The second-order valence-electron chi connectivity index (χ2n) is 5.22. The summed E-state index contributed by atoms with van der Waals surface area (Å²) in [6.45, 7) is 3.67. The van der Waals surface area contributed by atoms with Gasteiger partial charge in [-0.15, -0.1) is 0 Å². The lowest BCUT2D eigenvalue weighted by molar-refractivity contribution is 0.567. The van der Waals surface area contributed by atoms with E-state index in [1.54, 1.807) is 7.05 Å². The van der Waals surface area contributed by atoms with Gasteiger partial charge in [-0.25, -0.2) is 8.78 Å². The lowest BCUT2D eigenvalue weighted by Crippen LogP contribution is -2.37. The molecule has 23 heavy (non-hydrogen) atoms. The van der Waals surface area contributed by atoms with Crippen molar-refractivity contribution in [3.63, 3.8) is 0 Å². The zero-order chi connectivity index (χ0) is 16.7. The van der Waals surface area contributed by atoms with Crippen molar-refractivity contribution in [2.45, 2.75) is 26.4 Å². The molecule has 1 heterocycles. The van der Waals surface area contributed by atoms with Gasteiger partial charge in [0.25, 0.3) is 0 Å². The summed E-state index contributed by atoms with van der Waals surface area (Å²) in [4.78, 5) is 4.06. The van der Waals surface area contributed by atoms with Crippen LogP contribution in [0, 0.1) is 18.6 Å². The first-order chi connectivity index (χ1) is 11.1. The molecule has 0 amide bonds. The van der Waals surface area contributed by atoms with E-state index in [9.17, 15) is 8.78 Å². The minimum absolute atomic E-state index is 0.168. The van der Waals surface area contributed by atoms with Crippen LogP contribution in [0.25, 0.3) is 0 Å². The Morgan fingerprint density at radius 1 is 1.30 bits per heavy atom. The number of rotatable bonds is 6. The molecular weight excluding hydrogens is 300 g/mol. The minimum Gasteiger partial charge on any atom is -0.356 e. The van der Waals surface area contributed by atoms with Gasteiger partial charge in [-0.1, -0.05) is 0 Å². The molecule has 1 aromatic heterocycles. The number of nitrogens with one attached hydrogen (secondary N) is 2. The quantitative estimate of drug-likeness (QED) is 0.487. The van der Waals surface area contributed by atoms with Crippen molar-refractivity contribution >= 4 is 5.96 Å². The second-order valence-corrected chi connectivity index (χ2v) is 5.22. The van der Waals surface area contributed by atoms with Crippen LogP contribution in [-0.4, -0.2) is 29.3 Å². The Balaban J connectivity index is 1.74. The highest BCUT2D eigenvalue weighted by Crippen LogP contribution is 2.09. The van der Waals surface area contributed by atoms with Crippen LogP contribution < -0.4 is 10.6 Å². The molecule has 2 N–H and O–H groups in total. The van der Waals surface area contributed by atoms with Crippen LogP contribution in [-0.2, 0) is 13.1 Å². The van der Waals surface area contributed by atoms with Crippen molar-refractivity contribution in [2.75, 3.05) is 13.6 Å². The molecule has 0 radical (unpaired) electrons. The number of hydrogen-bond acceptors (Lipinski definition) is 2. The molecule has 0 spiro atoms. The maximum atomic E-state index is 13.5. The summed E-state index contributed by atoms with van der Waals surface area (Å²) >= 11 is 0. The molecule has 0 aliphatic carbocycles. The Bertz CT molecular complexity index is 666. The summed E-state index contributed by atoms with van der Waals surface area (Å²) in [5, 5.41) is 10.3. The number of aromatic nitrogens is 2. The molecule has 0 aliphatic heterocycles. The Hall–Kier alpha value is -2.44. The van der Waals surface area contributed by atoms with Crippen LogP contribution in [0.1, 0.15) is 17.5 Å². The summed E-state index contributed by atoms with van der Waals surface area (Å²) in [6.07, 6.45) is 4.68. The fourth-order valence-corrected chi connectivity index (χ4v) is 2.12. The van der Waals surface area contributed by atoms with Crippen LogP contribution in [0.15, 0.2) is 35.6 Å². The first-order valence-electron chi connectivity index (χ1n) is 7.46. The molecule has 0 aliphatic rings. The van der Waals surface area contributed by atoms with Gasteiger partial charge in [0.2, 0.25) is 0 Å². The van der Waals surface area contributed by atoms with Crippen molar-refractivity contribution in [3.05, 3.63) is 53.4 Å². The Morgan fingerprint density at radius 3 is 2.83 bits per heavy atom. The number of aliphatic imine (C=N–C) groups is 1. The number of hydrogen-bond donors (Lipinski definition) is 2. The fraction of sp³-hybridized carbons (Fsp3) is 0.375. The zero-order valence-electron chi connectivity index (χ0n) is 13.3. The average molecular weight is 321 g/mol. The van der Waals surface area contributed by atoms with Crippen molar-refractivity contribution in [1.29, 1.82) is 0 Å². The van der Waals surface area contributed by atoms with E-state index in [0.29, 0.717) is 12.5 Å². The van der Waals surface area contributed by atoms with E-state index in [1.807, 2.05) is 24.0 Å². The third-order valence-corrected chi connectivity index (χ3v) is 3.30. The molecule has 2 rings (SSSR count). The molecule has 0 fully saturated rings. The lowest BCUT2D eigenvalue weighted by atomic mass is 10.2. The van der Waals surface area contributed by atoms with Gasteiger partial charge < -0.3 is 10.6 Å². The first-order valence-corrected chi connectivity index (χ1v) is 7.46. The molecule has 5 nitrogen and oxygen atoms in total. The van der Waals surface area contributed by atoms with Crippen molar-refractivity contribution in [2.24, 2.45) is 4.99 Å². The molecule has 0 saturated heterocycles. The monoisotopic (exact) mass is 321 g/mol. The molecule has 1 aromatic carbocycles. The molecule has 124 valence electrons. The highest BCUT2D eigenvalue weighted by molar-refractivity contribution is 5.79. The number of halogens is 2. The molecule has 0 saturated carbocycles. The normalized spacial score (nSPS) is 11.6. The highest BCUT2D eigenvalue weighted by atomic mass is 19.1. The standard InChI is InChI=1S/C16H21F2N5/c1-12-9-22-23(11-12)7-3-6-20-16(19-2)21-10-13-8-14(17)4-5-15(13)18/h4-5,8-9,11H,3,6-7,10H2,1-2H3,(H2,19,20,21). The SMILES string of the molecule is CN=C(NCCCn1cc(C)cn1)NCc1cc(F)ccc1F. The van der Waals surface area contributed by atoms with Crippen molar-refractivity contribution in [1.82, 2.24) is 20.4 Å². The summed E-state index contributed by atoms with van der Waals surface area (Å²) in [5.74, 6) is -0.352. The summed E-state index contributed by atoms with van der Waals surface area (Å²) in [7, 11) is 1.63. The molecular formula is C16H21F2N5. The molecule has 2 aromatic rings. The number of aryl methyl sites for hydroxylation is 2. The zero-order valence-corrected chi connectivity index (χ0v) is 13.3. The van der Waals surface area contributed by atoms with E-state index in [4.69, 9.17) is 0 Å². The van der Waals surface area contributed by atoms with Gasteiger partial charge in [0.15, 0.2) is 5.96 Å². The van der Waals surface area contributed by atoms with E-state index in [2.05, 4.69) is 20.7 Å². The second kappa shape index (κ2) is 8.26. The third kappa shape index (κ3) is 5.36.